The first-order valence-electron chi connectivity index (χ1n) is 3.53. The van der Waals surface area contributed by atoms with E-state index in [1.54, 1.807) is 6.07 Å². The Labute approximate surface area is 91.9 Å². The van der Waals surface area contributed by atoms with E-state index < -0.39 is 0 Å². The van der Waals surface area contributed by atoms with Crippen LogP contribution in [0.2, 0.25) is 0 Å². The van der Waals surface area contributed by atoms with Gasteiger partial charge in [-0.15, -0.1) is 0 Å². The number of rotatable bonds is 0. The van der Waals surface area contributed by atoms with Crippen LogP contribution in [0.3, 0.4) is 0 Å². The van der Waals surface area contributed by atoms with Crippen LogP contribution in [-0.4, -0.2) is 8.75 Å². The van der Waals surface area contributed by atoms with Crippen LogP contribution in [0.1, 0.15) is 11.1 Å². The van der Waals surface area contributed by atoms with E-state index in [1.165, 1.54) is 0 Å². The van der Waals surface area contributed by atoms with E-state index in [-0.39, 0.29) is 0 Å². The van der Waals surface area contributed by atoms with Gasteiger partial charge in [0, 0.05) is 0 Å². The second kappa shape index (κ2) is 3.33. The predicted molar refractivity (Wildman–Crippen MR) is 54.5 cm³/mol. The lowest BCUT2D eigenvalue weighted by Gasteiger charge is -1.97. The highest BCUT2D eigenvalue weighted by Crippen LogP contribution is 2.28. The predicted octanol–water partition coefficient (Wildman–Crippen LogP) is 2.20. The van der Waals surface area contributed by atoms with Gasteiger partial charge in [-0.2, -0.15) is 19.3 Å². The molecule has 0 aliphatic heterocycles. The first-order valence-corrected chi connectivity index (χ1v) is 5.05. The highest BCUT2D eigenvalue weighted by atomic mass is 79.9. The summed E-state index contributed by atoms with van der Waals surface area (Å²) < 4.78 is 8.57. The van der Waals surface area contributed by atoms with E-state index in [4.69, 9.17) is 10.5 Å². The lowest BCUT2D eigenvalue weighted by atomic mass is 10.1. The maximum atomic E-state index is 8.85. The monoisotopic (exact) mass is 264 g/mol. The summed E-state index contributed by atoms with van der Waals surface area (Å²) in [4.78, 5) is 0. The van der Waals surface area contributed by atoms with Gasteiger partial charge in [-0.1, -0.05) is 0 Å². The summed E-state index contributed by atoms with van der Waals surface area (Å²) >= 11 is 4.30. The van der Waals surface area contributed by atoms with E-state index in [0.717, 1.165) is 11.7 Å². The van der Waals surface area contributed by atoms with E-state index in [0.29, 0.717) is 26.6 Å². The highest BCUT2D eigenvalue weighted by Gasteiger charge is 2.13. The Morgan fingerprint density at radius 1 is 1.29 bits per heavy atom. The second-order valence-corrected chi connectivity index (χ2v) is 3.79. The zero-order valence-electron chi connectivity index (χ0n) is 6.65. The standard InChI is InChI=1S/C8HBrN4S/c9-7-5(3-11)4(2-10)1-6-8(7)13-14-12-6/h1H. The largest absolute Gasteiger partial charge is 0.192 e. The van der Waals surface area contributed by atoms with Gasteiger partial charge in [-0.25, -0.2) is 0 Å². The Hall–Kier alpha value is -1.50. The Morgan fingerprint density at radius 2 is 2.07 bits per heavy atom. The van der Waals surface area contributed by atoms with Gasteiger partial charge in [-0.05, 0) is 22.0 Å². The number of hydrogen-bond donors (Lipinski definition) is 0. The molecule has 0 unspecified atom stereocenters. The molecular formula is C8HBrN4S. The van der Waals surface area contributed by atoms with E-state index >= 15 is 0 Å². The van der Waals surface area contributed by atoms with Crippen molar-refractivity contribution < 1.29 is 0 Å². The molecular weight excluding hydrogens is 264 g/mol. The molecule has 0 atom stereocenters. The summed E-state index contributed by atoms with van der Waals surface area (Å²) in [6.45, 7) is 0. The molecule has 2 aromatic rings. The van der Waals surface area contributed by atoms with Crippen molar-refractivity contribution >= 4 is 38.7 Å². The van der Waals surface area contributed by atoms with Crippen molar-refractivity contribution in [3.05, 3.63) is 21.7 Å². The molecule has 1 heterocycles. The average molecular weight is 265 g/mol. The maximum Gasteiger partial charge on any atom is 0.120 e. The fourth-order valence-electron chi connectivity index (χ4n) is 1.09. The Morgan fingerprint density at radius 3 is 2.71 bits per heavy atom. The van der Waals surface area contributed by atoms with Crippen LogP contribution in [0.25, 0.3) is 11.0 Å². The molecule has 1 aromatic carbocycles. The third-order valence-electron chi connectivity index (χ3n) is 1.72. The van der Waals surface area contributed by atoms with Crippen LogP contribution in [0.5, 0.6) is 0 Å². The van der Waals surface area contributed by atoms with Crippen LogP contribution >= 0.6 is 27.7 Å². The number of aromatic nitrogens is 2. The van der Waals surface area contributed by atoms with Crippen LogP contribution in [0, 0.1) is 22.7 Å². The molecule has 1 aromatic heterocycles. The van der Waals surface area contributed by atoms with Gasteiger partial charge >= 0.3 is 0 Å². The number of nitrogens with zero attached hydrogens (tertiary/aromatic N) is 4. The van der Waals surface area contributed by atoms with Gasteiger partial charge < -0.3 is 0 Å². The van der Waals surface area contributed by atoms with E-state index in [1.807, 2.05) is 12.1 Å². The van der Waals surface area contributed by atoms with Crippen LogP contribution in [0.15, 0.2) is 10.5 Å². The first kappa shape index (κ1) is 9.07. The smallest absolute Gasteiger partial charge is 0.120 e. The van der Waals surface area contributed by atoms with Gasteiger partial charge in [-0.3, -0.25) is 0 Å². The quantitative estimate of drug-likeness (QED) is 0.731. The maximum absolute atomic E-state index is 8.85. The summed E-state index contributed by atoms with van der Waals surface area (Å²) in [7, 11) is 0. The molecule has 6 heteroatoms. The molecule has 0 N–H and O–H groups in total. The molecule has 2 rings (SSSR count). The molecule has 0 bridgehead atoms. The third kappa shape index (κ3) is 1.17. The minimum atomic E-state index is 0.313. The summed E-state index contributed by atoms with van der Waals surface area (Å²) in [5, 5.41) is 17.7. The van der Waals surface area contributed by atoms with Crippen molar-refractivity contribution in [2.45, 2.75) is 0 Å². The Kier molecular flexibility index (Phi) is 2.16. The van der Waals surface area contributed by atoms with Gasteiger partial charge in [0.15, 0.2) is 0 Å². The number of halogens is 1. The summed E-state index contributed by atoms with van der Waals surface area (Å²) in [6, 6.07) is 5.49. The van der Waals surface area contributed by atoms with Gasteiger partial charge in [0.25, 0.3) is 0 Å². The first-order chi connectivity index (χ1) is 6.77. The Bertz CT molecular complexity index is 590. The van der Waals surface area contributed by atoms with Crippen molar-refractivity contribution in [1.82, 2.24) is 8.75 Å². The van der Waals surface area contributed by atoms with E-state index in [9.17, 15) is 0 Å². The van der Waals surface area contributed by atoms with Gasteiger partial charge in [0.2, 0.25) is 0 Å². The zero-order valence-corrected chi connectivity index (χ0v) is 9.05. The third-order valence-corrected chi connectivity index (χ3v) is 3.04. The zero-order chi connectivity index (χ0) is 10.1. The molecule has 0 aliphatic rings. The topological polar surface area (TPSA) is 73.4 Å². The lowest BCUT2D eigenvalue weighted by molar-refractivity contribution is 1.42. The molecule has 0 saturated carbocycles. The molecule has 0 fully saturated rings. The van der Waals surface area contributed by atoms with Crippen molar-refractivity contribution in [3.63, 3.8) is 0 Å². The minimum absolute atomic E-state index is 0.313. The molecule has 0 saturated heterocycles. The molecule has 0 aliphatic carbocycles. The van der Waals surface area contributed by atoms with Crippen LogP contribution in [0.4, 0.5) is 0 Å². The van der Waals surface area contributed by atoms with Crippen LogP contribution < -0.4 is 0 Å². The van der Waals surface area contributed by atoms with Crippen molar-refractivity contribution in [2.24, 2.45) is 0 Å². The molecule has 4 nitrogen and oxygen atoms in total. The van der Waals surface area contributed by atoms with Crippen molar-refractivity contribution in [1.29, 1.82) is 10.5 Å². The van der Waals surface area contributed by atoms with Crippen molar-refractivity contribution in [3.8, 4) is 12.1 Å². The fraction of sp³-hybridized carbons (Fsp3) is 0. The second-order valence-electron chi connectivity index (χ2n) is 2.47. The molecule has 14 heavy (non-hydrogen) atoms. The molecule has 0 spiro atoms. The number of fused-ring (bicyclic) bond motifs is 1. The molecule has 0 amide bonds. The molecule has 0 radical (unpaired) electrons. The lowest BCUT2D eigenvalue weighted by Crippen LogP contribution is -1.87. The molecule has 66 valence electrons. The summed E-state index contributed by atoms with van der Waals surface area (Å²) in [5.41, 5.74) is 1.90. The number of benzene rings is 1. The number of nitriles is 2. The van der Waals surface area contributed by atoms with Crippen LogP contribution in [-0.2, 0) is 0 Å². The SMILES string of the molecule is N#Cc1cc2nsnc2c(Br)c1C#N. The van der Waals surface area contributed by atoms with Gasteiger partial charge in [0.05, 0.1) is 27.3 Å². The number of hydrogen-bond acceptors (Lipinski definition) is 5. The fourth-order valence-corrected chi connectivity index (χ4v) is 2.33. The normalized spacial score (nSPS) is 9.64. The highest BCUT2D eigenvalue weighted by molar-refractivity contribution is 9.10. The van der Waals surface area contributed by atoms with Crippen molar-refractivity contribution in [2.75, 3.05) is 0 Å². The average Bonchev–Trinajstić information content (AvgIpc) is 2.65. The summed E-state index contributed by atoms with van der Waals surface area (Å²) in [6.07, 6.45) is 0. The summed E-state index contributed by atoms with van der Waals surface area (Å²) in [5.74, 6) is 0. The minimum Gasteiger partial charge on any atom is -0.192 e. The Balaban J connectivity index is 2.97. The van der Waals surface area contributed by atoms with E-state index in [2.05, 4.69) is 24.7 Å². The van der Waals surface area contributed by atoms with Gasteiger partial charge in [0.1, 0.15) is 23.2 Å².